The van der Waals surface area contributed by atoms with Crippen LogP contribution in [-0.2, 0) is 19.1 Å². The third-order valence-electron chi connectivity index (χ3n) is 5.12. The van der Waals surface area contributed by atoms with E-state index in [-0.39, 0.29) is 11.1 Å². The molecule has 9 nitrogen and oxygen atoms in total. The summed E-state index contributed by atoms with van der Waals surface area (Å²) in [5.41, 5.74) is 2.52. The molecule has 4 aromatic rings. The van der Waals surface area contributed by atoms with Crippen molar-refractivity contribution in [1.29, 1.82) is 0 Å². The van der Waals surface area contributed by atoms with Crippen molar-refractivity contribution >= 4 is 50.9 Å². The second kappa shape index (κ2) is 6.66. The number of hydrogen-bond acceptors (Lipinski definition) is 6. The van der Waals surface area contributed by atoms with Gasteiger partial charge in [0.2, 0.25) is 0 Å². The molecule has 30 heavy (non-hydrogen) atoms. The molecule has 3 aromatic heterocycles. The van der Waals surface area contributed by atoms with E-state index in [2.05, 4.69) is 24.9 Å². The number of methoxy groups -OCH3 is 1. The lowest BCUT2D eigenvalue weighted by atomic mass is 9.98. The number of carbonyl (C=O) groups is 3. The quantitative estimate of drug-likeness (QED) is 0.398. The van der Waals surface area contributed by atoms with Gasteiger partial charge >= 0.3 is 5.97 Å². The number of aromatic nitrogens is 4. The number of aromatic amines is 2. The molecule has 0 radical (unpaired) electrons. The minimum absolute atomic E-state index is 0.143. The van der Waals surface area contributed by atoms with Gasteiger partial charge in [-0.15, -0.1) is 0 Å². The first-order chi connectivity index (χ1) is 14.6. The largest absolute Gasteiger partial charge is 0.468 e. The maximum Gasteiger partial charge on any atom is 0.325 e. The van der Waals surface area contributed by atoms with Crippen LogP contribution in [0.1, 0.15) is 11.3 Å². The molecule has 2 amide bonds. The van der Waals surface area contributed by atoms with E-state index in [1.54, 1.807) is 24.5 Å². The van der Waals surface area contributed by atoms with E-state index in [1.807, 2.05) is 24.3 Å². The third kappa shape index (κ3) is 2.52. The molecule has 0 saturated carbocycles. The third-order valence-corrected chi connectivity index (χ3v) is 5.12. The Balaban J connectivity index is 1.77. The van der Waals surface area contributed by atoms with Crippen LogP contribution < -0.4 is 0 Å². The van der Waals surface area contributed by atoms with Gasteiger partial charge in [0.1, 0.15) is 6.54 Å². The van der Waals surface area contributed by atoms with Crippen molar-refractivity contribution in [1.82, 2.24) is 25.1 Å². The number of amides is 2. The highest BCUT2D eigenvalue weighted by Crippen LogP contribution is 2.39. The molecular weight excluding hydrogens is 386 g/mol. The van der Waals surface area contributed by atoms with E-state index in [4.69, 9.17) is 0 Å². The molecule has 1 aliphatic rings. The number of carbonyl (C=O) groups excluding carboxylic acids is 3. The first-order valence-electron chi connectivity index (χ1n) is 9.13. The van der Waals surface area contributed by atoms with Crippen molar-refractivity contribution < 1.29 is 19.1 Å². The lowest BCUT2D eigenvalue weighted by Crippen LogP contribution is -2.36. The van der Waals surface area contributed by atoms with Gasteiger partial charge in [-0.2, -0.15) is 5.10 Å². The van der Waals surface area contributed by atoms with Crippen LogP contribution >= 0.6 is 0 Å². The Bertz CT molecular complexity index is 1280. The first kappa shape index (κ1) is 17.8. The lowest BCUT2D eigenvalue weighted by Gasteiger charge is -2.13. The summed E-state index contributed by atoms with van der Waals surface area (Å²) in [6.07, 6.45) is 3.27. The van der Waals surface area contributed by atoms with Crippen molar-refractivity contribution in [3.8, 4) is 0 Å². The van der Waals surface area contributed by atoms with Crippen molar-refractivity contribution in [2.45, 2.75) is 0 Å². The number of ether oxygens (including phenoxy) is 1. The maximum atomic E-state index is 13.3. The number of benzene rings is 1. The van der Waals surface area contributed by atoms with Gasteiger partial charge in [0, 0.05) is 34.2 Å². The summed E-state index contributed by atoms with van der Waals surface area (Å²) in [5.74, 6) is -1.86. The number of nitrogens with zero attached hydrogens (tertiary/aromatic N) is 3. The van der Waals surface area contributed by atoms with Crippen LogP contribution in [0.3, 0.4) is 0 Å². The van der Waals surface area contributed by atoms with Crippen LogP contribution in [0, 0.1) is 0 Å². The Kier molecular flexibility index (Phi) is 3.95. The van der Waals surface area contributed by atoms with Crippen LogP contribution in [0.2, 0.25) is 0 Å². The highest BCUT2D eigenvalue weighted by atomic mass is 16.5. The Morgan fingerprint density at radius 2 is 1.83 bits per heavy atom. The fraction of sp³-hybridized carbons (Fsp3) is 0.0952. The molecule has 9 heteroatoms. The number of rotatable bonds is 4. The van der Waals surface area contributed by atoms with Crippen LogP contribution in [0.25, 0.3) is 33.1 Å². The molecular formula is C21H15N5O4. The average Bonchev–Trinajstić information content (AvgIpc) is 3.44. The van der Waals surface area contributed by atoms with Gasteiger partial charge in [-0.3, -0.25) is 24.4 Å². The Hall–Kier alpha value is -4.27. The van der Waals surface area contributed by atoms with Crippen molar-refractivity contribution in [3.63, 3.8) is 0 Å². The molecule has 1 aromatic carbocycles. The summed E-state index contributed by atoms with van der Waals surface area (Å²) in [5, 5.41) is 8.38. The molecule has 1 aliphatic heterocycles. The van der Waals surface area contributed by atoms with E-state index in [0.717, 1.165) is 15.8 Å². The van der Waals surface area contributed by atoms with Crippen LogP contribution in [0.4, 0.5) is 0 Å². The molecule has 0 fully saturated rings. The number of H-pyrrole nitrogens is 2. The van der Waals surface area contributed by atoms with Crippen LogP contribution in [0.15, 0.2) is 48.8 Å². The predicted octanol–water partition coefficient (Wildman–Crippen LogP) is 1.89. The predicted molar refractivity (Wildman–Crippen MR) is 108 cm³/mol. The molecule has 148 valence electrons. The van der Waals surface area contributed by atoms with Gasteiger partial charge < -0.3 is 9.72 Å². The van der Waals surface area contributed by atoms with E-state index in [9.17, 15) is 14.4 Å². The molecule has 4 heterocycles. The fourth-order valence-corrected chi connectivity index (χ4v) is 3.71. The molecule has 0 unspecified atom stereocenters. The molecule has 0 saturated heterocycles. The zero-order chi connectivity index (χ0) is 20.8. The van der Waals surface area contributed by atoms with Gasteiger partial charge in [0.15, 0.2) is 5.65 Å². The second-order valence-corrected chi connectivity index (χ2v) is 6.74. The first-order valence-corrected chi connectivity index (χ1v) is 9.13. The van der Waals surface area contributed by atoms with Gasteiger partial charge in [0.25, 0.3) is 11.8 Å². The number of fused-ring (bicyclic) bond motifs is 2. The SMILES string of the molecule is COC(=O)CN1C(=O)C(c2[nH]nc3ncccc23)=C(c2c[nH]c3ccccc23)C1=O. The van der Waals surface area contributed by atoms with Crippen LogP contribution in [0.5, 0.6) is 0 Å². The summed E-state index contributed by atoms with van der Waals surface area (Å²) in [6, 6.07) is 10.9. The summed E-state index contributed by atoms with van der Waals surface area (Å²) >= 11 is 0. The van der Waals surface area contributed by atoms with E-state index >= 15 is 0 Å². The molecule has 0 aliphatic carbocycles. The summed E-state index contributed by atoms with van der Waals surface area (Å²) < 4.78 is 4.66. The van der Waals surface area contributed by atoms with Crippen molar-refractivity contribution in [2.75, 3.05) is 13.7 Å². The summed E-state index contributed by atoms with van der Waals surface area (Å²) in [6.45, 7) is -0.478. The molecule has 0 atom stereocenters. The van der Waals surface area contributed by atoms with E-state index < -0.39 is 24.3 Å². The molecule has 0 bridgehead atoms. The van der Waals surface area contributed by atoms with Gasteiger partial charge in [-0.1, -0.05) is 18.2 Å². The zero-order valence-corrected chi connectivity index (χ0v) is 15.8. The van der Waals surface area contributed by atoms with Gasteiger partial charge in [-0.05, 0) is 18.2 Å². The number of hydrogen-bond donors (Lipinski definition) is 2. The van der Waals surface area contributed by atoms with Gasteiger partial charge in [0.05, 0.1) is 23.9 Å². The normalized spacial score (nSPS) is 14.4. The summed E-state index contributed by atoms with van der Waals surface area (Å²) in [4.78, 5) is 46.7. The summed E-state index contributed by atoms with van der Waals surface area (Å²) in [7, 11) is 1.20. The smallest absolute Gasteiger partial charge is 0.325 e. The zero-order valence-electron chi connectivity index (χ0n) is 15.8. The highest BCUT2D eigenvalue weighted by molar-refractivity contribution is 6.50. The highest BCUT2D eigenvalue weighted by Gasteiger charge is 2.42. The Morgan fingerprint density at radius 3 is 2.67 bits per heavy atom. The average molecular weight is 401 g/mol. The standard InChI is InChI=1S/C21H15N5O4/c1-30-15(27)10-26-20(28)16(13-9-23-14-7-3-2-5-11(13)14)17(21(26)29)18-12-6-4-8-22-19(12)25-24-18/h2-9,23H,10H2,1H3,(H,22,24,25). The van der Waals surface area contributed by atoms with Crippen molar-refractivity contribution in [3.05, 3.63) is 60.0 Å². The Labute approximate surface area is 169 Å². The van der Waals surface area contributed by atoms with Crippen molar-refractivity contribution in [2.24, 2.45) is 0 Å². The molecule has 2 N–H and O–H groups in total. The number of esters is 1. The van der Waals surface area contributed by atoms with E-state index in [0.29, 0.717) is 22.3 Å². The second-order valence-electron chi connectivity index (χ2n) is 6.74. The Morgan fingerprint density at radius 1 is 1.07 bits per heavy atom. The number of nitrogens with one attached hydrogen (secondary N) is 2. The van der Waals surface area contributed by atoms with Crippen LogP contribution in [-0.4, -0.2) is 56.5 Å². The lowest BCUT2D eigenvalue weighted by molar-refractivity contribution is -0.149. The number of pyridine rings is 1. The number of imide groups is 1. The minimum Gasteiger partial charge on any atom is -0.468 e. The minimum atomic E-state index is -0.688. The monoisotopic (exact) mass is 401 g/mol. The fourth-order valence-electron chi connectivity index (χ4n) is 3.71. The molecule has 5 rings (SSSR count). The van der Waals surface area contributed by atoms with E-state index in [1.165, 1.54) is 7.11 Å². The maximum absolute atomic E-state index is 13.3. The number of para-hydroxylation sites is 1. The van der Waals surface area contributed by atoms with Gasteiger partial charge in [-0.25, -0.2) is 4.98 Å². The molecule has 0 spiro atoms. The topological polar surface area (TPSA) is 121 Å².